The molecule has 7 nitrogen and oxygen atoms in total. The Kier molecular flexibility index (Phi) is 7.49. The molecule has 0 heterocycles. The number of carboxylic acid groups (broad SMARTS) is 1. The molecule has 7 heteroatoms. The maximum absolute atomic E-state index is 10.9. The molecule has 0 saturated heterocycles. The average molecular weight is 260 g/mol. The van der Waals surface area contributed by atoms with Crippen LogP contribution in [0, 0.1) is 0 Å². The first kappa shape index (κ1) is 16.8. The third-order valence-corrected chi connectivity index (χ3v) is 2.64. The van der Waals surface area contributed by atoms with E-state index in [4.69, 9.17) is 16.6 Å². The second-order valence-corrected chi connectivity index (χ2v) is 4.75. The van der Waals surface area contributed by atoms with Crippen molar-refractivity contribution in [2.75, 3.05) is 20.6 Å². The van der Waals surface area contributed by atoms with Gasteiger partial charge in [-0.15, -0.1) is 0 Å². The molecule has 0 spiro atoms. The number of nitrogens with two attached hydrogens (primary N) is 2. The minimum absolute atomic E-state index is 0.128. The van der Waals surface area contributed by atoms with Crippen LogP contribution in [0.4, 0.5) is 0 Å². The molecule has 0 aliphatic heterocycles. The molecular formula is C11H24N4O3. The average Bonchev–Trinajstić information content (AvgIpc) is 2.23. The number of hydrogen-bond acceptors (Lipinski definition) is 5. The van der Waals surface area contributed by atoms with Gasteiger partial charge in [-0.1, -0.05) is 0 Å². The van der Waals surface area contributed by atoms with Gasteiger partial charge in [0.05, 0.1) is 0 Å². The highest BCUT2D eigenvalue weighted by Gasteiger charge is 2.24. The van der Waals surface area contributed by atoms with E-state index in [1.165, 1.54) is 6.92 Å². The summed E-state index contributed by atoms with van der Waals surface area (Å²) in [7, 11) is 3.85. The summed E-state index contributed by atoms with van der Waals surface area (Å²) >= 11 is 0. The fourth-order valence-electron chi connectivity index (χ4n) is 1.54. The molecule has 106 valence electrons. The van der Waals surface area contributed by atoms with Crippen molar-refractivity contribution in [1.29, 1.82) is 0 Å². The van der Waals surface area contributed by atoms with Gasteiger partial charge < -0.3 is 26.8 Å². The summed E-state index contributed by atoms with van der Waals surface area (Å²) in [5, 5.41) is 11.3. The van der Waals surface area contributed by atoms with Crippen LogP contribution in [0.25, 0.3) is 0 Å². The highest BCUT2D eigenvalue weighted by atomic mass is 16.4. The summed E-state index contributed by atoms with van der Waals surface area (Å²) in [4.78, 5) is 23.8. The fraction of sp³-hybridized carbons (Fsp3) is 0.818. The Bertz CT molecular complexity index is 283. The van der Waals surface area contributed by atoms with Crippen molar-refractivity contribution in [3.05, 3.63) is 0 Å². The van der Waals surface area contributed by atoms with Gasteiger partial charge in [0.25, 0.3) is 0 Å². The van der Waals surface area contributed by atoms with Gasteiger partial charge in [-0.2, -0.15) is 0 Å². The number of nitrogens with one attached hydrogen (secondary N) is 1. The van der Waals surface area contributed by atoms with Gasteiger partial charge in [-0.25, -0.2) is 4.79 Å². The van der Waals surface area contributed by atoms with Crippen LogP contribution >= 0.6 is 0 Å². The molecule has 0 aliphatic carbocycles. The van der Waals surface area contributed by atoms with Gasteiger partial charge >= 0.3 is 5.97 Å². The van der Waals surface area contributed by atoms with Crippen LogP contribution < -0.4 is 16.8 Å². The number of rotatable bonds is 8. The van der Waals surface area contributed by atoms with E-state index in [0.29, 0.717) is 6.42 Å². The molecule has 0 saturated carbocycles. The predicted molar refractivity (Wildman–Crippen MR) is 69.0 cm³/mol. The SMILES string of the molecule is CC(=O)NC(CC(N)C(N)CCN(C)C)C(=O)O. The number of carbonyl (C=O) groups is 2. The molecule has 0 fully saturated rings. The Morgan fingerprint density at radius 2 is 1.83 bits per heavy atom. The van der Waals surface area contributed by atoms with Gasteiger partial charge in [0, 0.05) is 19.0 Å². The molecule has 0 radical (unpaired) electrons. The molecule has 3 atom stereocenters. The van der Waals surface area contributed by atoms with Crippen molar-refractivity contribution in [1.82, 2.24) is 10.2 Å². The van der Waals surface area contributed by atoms with Crippen LogP contribution in [0.5, 0.6) is 0 Å². The monoisotopic (exact) mass is 260 g/mol. The third-order valence-electron chi connectivity index (χ3n) is 2.64. The Hall–Kier alpha value is -1.18. The van der Waals surface area contributed by atoms with E-state index < -0.39 is 24.0 Å². The summed E-state index contributed by atoms with van der Waals surface area (Å²) in [6, 6.07) is -1.73. The third kappa shape index (κ3) is 7.21. The number of hydrogen-bond donors (Lipinski definition) is 4. The molecule has 0 aromatic heterocycles. The van der Waals surface area contributed by atoms with Crippen molar-refractivity contribution >= 4 is 11.9 Å². The largest absolute Gasteiger partial charge is 0.480 e. The molecule has 6 N–H and O–H groups in total. The summed E-state index contributed by atoms with van der Waals surface area (Å²) < 4.78 is 0. The second-order valence-electron chi connectivity index (χ2n) is 4.75. The Labute approximate surface area is 107 Å². The summed E-state index contributed by atoms with van der Waals surface area (Å²) in [6.07, 6.45) is 0.810. The van der Waals surface area contributed by atoms with E-state index in [1.807, 2.05) is 19.0 Å². The van der Waals surface area contributed by atoms with Crippen molar-refractivity contribution in [2.45, 2.75) is 37.9 Å². The maximum Gasteiger partial charge on any atom is 0.326 e. The lowest BCUT2D eigenvalue weighted by atomic mass is 9.98. The number of carboxylic acids is 1. The molecule has 18 heavy (non-hydrogen) atoms. The van der Waals surface area contributed by atoms with E-state index in [-0.39, 0.29) is 12.5 Å². The zero-order valence-corrected chi connectivity index (χ0v) is 11.2. The van der Waals surface area contributed by atoms with Crippen LogP contribution in [0.2, 0.25) is 0 Å². The Morgan fingerprint density at radius 1 is 1.28 bits per heavy atom. The number of amides is 1. The van der Waals surface area contributed by atoms with Gasteiger partial charge in [-0.3, -0.25) is 4.79 Å². The number of aliphatic carboxylic acids is 1. The summed E-state index contributed by atoms with van der Waals surface area (Å²) in [6.45, 7) is 2.06. The first-order valence-corrected chi connectivity index (χ1v) is 5.89. The van der Waals surface area contributed by atoms with E-state index >= 15 is 0 Å². The van der Waals surface area contributed by atoms with Crippen LogP contribution in [0.15, 0.2) is 0 Å². The van der Waals surface area contributed by atoms with Crippen molar-refractivity contribution in [3.8, 4) is 0 Å². The molecule has 1 amide bonds. The highest BCUT2D eigenvalue weighted by Crippen LogP contribution is 2.04. The molecule has 0 bridgehead atoms. The van der Waals surface area contributed by atoms with E-state index in [0.717, 1.165) is 6.54 Å². The lowest BCUT2D eigenvalue weighted by Gasteiger charge is -2.24. The first-order valence-electron chi connectivity index (χ1n) is 5.89. The van der Waals surface area contributed by atoms with Crippen LogP contribution in [-0.2, 0) is 9.59 Å². The smallest absolute Gasteiger partial charge is 0.326 e. The zero-order chi connectivity index (χ0) is 14.3. The minimum Gasteiger partial charge on any atom is -0.480 e. The highest BCUT2D eigenvalue weighted by molar-refractivity contribution is 5.82. The topological polar surface area (TPSA) is 122 Å². The number of carbonyl (C=O) groups excluding carboxylic acids is 1. The van der Waals surface area contributed by atoms with Crippen LogP contribution in [-0.4, -0.2) is 60.6 Å². The lowest BCUT2D eigenvalue weighted by Crippen LogP contribution is -2.50. The second kappa shape index (κ2) is 8.02. The predicted octanol–water partition coefficient (Wildman–Crippen LogP) is -1.43. The number of nitrogens with zero attached hydrogens (tertiary/aromatic N) is 1. The van der Waals surface area contributed by atoms with Gasteiger partial charge in [0.1, 0.15) is 6.04 Å². The molecule has 0 aromatic carbocycles. The standard InChI is InChI=1S/C11H24N4O3/c1-7(16)14-10(11(17)18)6-9(13)8(12)4-5-15(2)3/h8-10H,4-6,12-13H2,1-3H3,(H,14,16)(H,17,18). The van der Waals surface area contributed by atoms with Gasteiger partial charge in [0.2, 0.25) is 5.91 Å². The molecular weight excluding hydrogens is 236 g/mol. The fourth-order valence-corrected chi connectivity index (χ4v) is 1.54. The van der Waals surface area contributed by atoms with E-state index in [1.54, 1.807) is 0 Å². The Balaban J connectivity index is 4.27. The zero-order valence-electron chi connectivity index (χ0n) is 11.2. The summed E-state index contributed by atoms with van der Waals surface area (Å²) in [5.41, 5.74) is 11.7. The molecule has 0 aliphatic rings. The molecule has 3 unspecified atom stereocenters. The van der Waals surface area contributed by atoms with Crippen LogP contribution in [0.3, 0.4) is 0 Å². The molecule has 0 rings (SSSR count). The van der Waals surface area contributed by atoms with Crippen molar-refractivity contribution < 1.29 is 14.7 Å². The minimum atomic E-state index is -1.10. The Morgan fingerprint density at radius 3 is 2.22 bits per heavy atom. The van der Waals surface area contributed by atoms with Gasteiger partial charge in [0.15, 0.2) is 0 Å². The maximum atomic E-state index is 10.9. The van der Waals surface area contributed by atoms with Crippen molar-refractivity contribution in [2.24, 2.45) is 11.5 Å². The normalized spacial score (nSPS) is 16.1. The van der Waals surface area contributed by atoms with E-state index in [2.05, 4.69) is 5.32 Å². The van der Waals surface area contributed by atoms with Gasteiger partial charge in [-0.05, 0) is 33.5 Å². The van der Waals surface area contributed by atoms with Crippen LogP contribution in [0.1, 0.15) is 19.8 Å². The summed E-state index contributed by atoms with van der Waals surface area (Å²) in [5.74, 6) is -1.49. The lowest BCUT2D eigenvalue weighted by molar-refractivity contribution is -0.141. The molecule has 0 aromatic rings. The van der Waals surface area contributed by atoms with E-state index in [9.17, 15) is 9.59 Å². The van der Waals surface area contributed by atoms with Crippen molar-refractivity contribution in [3.63, 3.8) is 0 Å². The first-order chi connectivity index (χ1) is 8.23. The quantitative estimate of drug-likeness (QED) is 0.424.